The largest absolute Gasteiger partial charge is 0.311 e. The van der Waals surface area contributed by atoms with Gasteiger partial charge in [-0.15, -0.1) is 0 Å². The average molecular weight is 156 g/mol. The second-order valence-corrected chi connectivity index (χ2v) is 2.76. The van der Waals surface area contributed by atoms with E-state index >= 15 is 0 Å². The van der Waals surface area contributed by atoms with Gasteiger partial charge in [-0.3, -0.25) is 4.99 Å². The van der Waals surface area contributed by atoms with E-state index in [1.165, 1.54) is 12.8 Å². The molecule has 0 amide bonds. The maximum Gasteiger partial charge on any atom is 0.127 e. The highest BCUT2D eigenvalue weighted by Gasteiger charge is 2.16. The highest BCUT2D eigenvalue weighted by molar-refractivity contribution is 5.86. The van der Waals surface area contributed by atoms with E-state index in [1.807, 2.05) is 0 Å². The number of rotatable bonds is 1. The molecule has 1 rings (SSSR count). The molecular weight excluding hydrogens is 140 g/mol. The molecule has 11 heavy (non-hydrogen) atoms. The summed E-state index contributed by atoms with van der Waals surface area (Å²) in [6.45, 7) is 1.07. The first kappa shape index (κ1) is 8.49. The predicted octanol–water partition coefficient (Wildman–Crippen LogP) is -0.380. The van der Waals surface area contributed by atoms with E-state index < -0.39 is 0 Å². The fourth-order valence-electron chi connectivity index (χ4n) is 1.41. The molecule has 0 saturated carbocycles. The quantitative estimate of drug-likeness (QED) is 0.210. The second-order valence-electron chi connectivity index (χ2n) is 2.76. The molecule has 0 radical (unpaired) electrons. The molecule has 64 valence electrons. The molecule has 1 aliphatic heterocycles. The summed E-state index contributed by atoms with van der Waals surface area (Å²) in [6.07, 6.45) is 3.66. The minimum absolute atomic E-state index is 0.346. The van der Waals surface area contributed by atoms with Crippen molar-refractivity contribution in [1.82, 2.24) is 10.7 Å². The molecule has 1 fully saturated rings. The van der Waals surface area contributed by atoms with Gasteiger partial charge in [0.05, 0.1) is 6.04 Å². The van der Waals surface area contributed by atoms with Crippen LogP contribution in [0.1, 0.15) is 19.3 Å². The maximum absolute atomic E-state index is 5.29. The third-order valence-corrected chi connectivity index (χ3v) is 2.03. The summed E-state index contributed by atoms with van der Waals surface area (Å²) in [5, 5.41) is 3.35. The van der Waals surface area contributed by atoms with Crippen molar-refractivity contribution in [2.24, 2.45) is 10.8 Å². The van der Waals surface area contributed by atoms with Crippen LogP contribution in [0.5, 0.6) is 0 Å². The third kappa shape index (κ3) is 2.17. The van der Waals surface area contributed by atoms with Crippen LogP contribution in [0.15, 0.2) is 4.99 Å². The summed E-state index contributed by atoms with van der Waals surface area (Å²) < 4.78 is 0. The van der Waals surface area contributed by atoms with Gasteiger partial charge in [0.1, 0.15) is 5.84 Å². The maximum atomic E-state index is 5.29. The van der Waals surface area contributed by atoms with Crippen molar-refractivity contribution in [3.8, 4) is 0 Å². The van der Waals surface area contributed by atoms with E-state index in [4.69, 9.17) is 5.84 Å². The van der Waals surface area contributed by atoms with Crippen molar-refractivity contribution in [3.63, 3.8) is 0 Å². The molecular formula is C7H16N4. The smallest absolute Gasteiger partial charge is 0.127 e. The Bertz CT molecular complexity index is 137. The normalized spacial score (nSPS) is 26.7. The summed E-state index contributed by atoms with van der Waals surface area (Å²) in [7, 11) is 1.76. The lowest BCUT2D eigenvalue weighted by molar-refractivity contribution is 0.464. The molecule has 0 spiro atoms. The van der Waals surface area contributed by atoms with E-state index in [2.05, 4.69) is 15.7 Å². The van der Waals surface area contributed by atoms with Gasteiger partial charge >= 0.3 is 0 Å². The molecule has 0 bridgehead atoms. The van der Waals surface area contributed by atoms with Crippen molar-refractivity contribution in [2.45, 2.75) is 25.3 Å². The topological polar surface area (TPSA) is 62.4 Å². The van der Waals surface area contributed by atoms with E-state index in [0.717, 1.165) is 18.8 Å². The van der Waals surface area contributed by atoms with Crippen molar-refractivity contribution >= 4 is 5.84 Å². The van der Waals surface area contributed by atoms with E-state index in [-0.39, 0.29) is 0 Å². The summed E-state index contributed by atoms with van der Waals surface area (Å²) in [6, 6.07) is 0.346. The Balaban J connectivity index is 2.43. The molecule has 0 aromatic heterocycles. The zero-order valence-corrected chi connectivity index (χ0v) is 6.93. The minimum Gasteiger partial charge on any atom is -0.311 e. The van der Waals surface area contributed by atoms with Crippen LogP contribution >= 0.6 is 0 Å². The number of nitrogens with two attached hydrogens (primary N) is 1. The molecule has 1 unspecified atom stereocenters. The fraction of sp³-hybridized carbons (Fsp3) is 0.857. The number of piperidine rings is 1. The van der Waals surface area contributed by atoms with Gasteiger partial charge in [0, 0.05) is 7.05 Å². The predicted molar refractivity (Wildman–Crippen MR) is 46.3 cm³/mol. The number of nitrogens with one attached hydrogen (secondary N) is 2. The SMILES string of the molecule is CN=C(NN)C1CCCCN1. The Morgan fingerprint density at radius 2 is 2.45 bits per heavy atom. The lowest BCUT2D eigenvalue weighted by Crippen LogP contribution is -2.48. The van der Waals surface area contributed by atoms with Crippen molar-refractivity contribution in [3.05, 3.63) is 0 Å². The van der Waals surface area contributed by atoms with Gasteiger partial charge in [0.15, 0.2) is 0 Å². The molecule has 1 aliphatic rings. The Morgan fingerprint density at radius 1 is 1.64 bits per heavy atom. The number of hydrazine groups is 1. The summed E-state index contributed by atoms with van der Waals surface area (Å²) >= 11 is 0. The second kappa shape index (κ2) is 4.31. The highest BCUT2D eigenvalue weighted by atomic mass is 15.3. The van der Waals surface area contributed by atoms with Crippen molar-refractivity contribution in [1.29, 1.82) is 0 Å². The number of hydrogen-bond donors (Lipinski definition) is 3. The molecule has 4 nitrogen and oxygen atoms in total. The first-order valence-electron chi connectivity index (χ1n) is 4.05. The summed E-state index contributed by atoms with van der Waals surface area (Å²) in [5.41, 5.74) is 2.61. The van der Waals surface area contributed by atoms with Crippen molar-refractivity contribution < 1.29 is 0 Å². The number of amidine groups is 1. The van der Waals surface area contributed by atoms with Crippen LogP contribution in [0.2, 0.25) is 0 Å². The Morgan fingerprint density at radius 3 is 2.91 bits per heavy atom. The molecule has 0 aromatic carbocycles. The van der Waals surface area contributed by atoms with Crippen molar-refractivity contribution in [2.75, 3.05) is 13.6 Å². The molecule has 4 heteroatoms. The number of aliphatic imine (C=N–C) groups is 1. The Kier molecular flexibility index (Phi) is 3.32. The number of hydrogen-bond acceptors (Lipinski definition) is 3. The van der Waals surface area contributed by atoms with Crippen LogP contribution < -0.4 is 16.6 Å². The molecule has 1 heterocycles. The van der Waals surface area contributed by atoms with Gasteiger partial charge in [-0.2, -0.15) is 0 Å². The lowest BCUT2D eigenvalue weighted by Gasteiger charge is -2.24. The molecule has 1 saturated heterocycles. The Hall–Kier alpha value is -0.610. The summed E-state index contributed by atoms with van der Waals surface area (Å²) in [5.74, 6) is 6.16. The average Bonchev–Trinajstić information content (AvgIpc) is 2.09. The Labute approximate surface area is 67.2 Å². The van der Waals surface area contributed by atoms with Crippen LogP contribution in [-0.2, 0) is 0 Å². The van der Waals surface area contributed by atoms with E-state index in [1.54, 1.807) is 7.05 Å². The van der Waals surface area contributed by atoms with Crippen LogP contribution in [0.4, 0.5) is 0 Å². The first-order chi connectivity index (χ1) is 5.38. The van der Waals surface area contributed by atoms with E-state index in [9.17, 15) is 0 Å². The lowest BCUT2D eigenvalue weighted by atomic mass is 10.0. The van der Waals surface area contributed by atoms with Gasteiger partial charge in [-0.05, 0) is 19.4 Å². The minimum atomic E-state index is 0.346. The van der Waals surface area contributed by atoms with Crippen LogP contribution in [0, 0.1) is 0 Å². The standard InChI is InChI=1S/C7H16N4/c1-9-7(11-8)6-4-2-3-5-10-6/h6,10H,2-5,8H2,1H3,(H,9,11). The summed E-state index contributed by atoms with van der Waals surface area (Å²) in [4.78, 5) is 4.05. The van der Waals surface area contributed by atoms with Gasteiger partial charge in [-0.25, -0.2) is 5.84 Å². The highest BCUT2D eigenvalue weighted by Crippen LogP contribution is 2.06. The number of nitrogens with zero attached hydrogens (tertiary/aromatic N) is 1. The fourth-order valence-corrected chi connectivity index (χ4v) is 1.41. The van der Waals surface area contributed by atoms with Gasteiger partial charge in [-0.1, -0.05) is 6.42 Å². The van der Waals surface area contributed by atoms with Crippen LogP contribution in [0.3, 0.4) is 0 Å². The third-order valence-electron chi connectivity index (χ3n) is 2.03. The molecule has 4 N–H and O–H groups in total. The van der Waals surface area contributed by atoms with E-state index in [0.29, 0.717) is 6.04 Å². The van der Waals surface area contributed by atoms with Gasteiger partial charge < -0.3 is 10.7 Å². The van der Waals surface area contributed by atoms with Gasteiger partial charge in [0.2, 0.25) is 0 Å². The molecule has 0 aromatic rings. The molecule has 1 atom stereocenters. The van der Waals surface area contributed by atoms with Gasteiger partial charge in [0.25, 0.3) is 0 Å². The monoisotopic (exact) mass is 156 g/mol. The molecule has 0 aliphatic carbocycles. The zero-order chi connectivity index (χ0) is 8.10. The first-order valence-corrected chi connectivity index (χ1v) is 4.05. The zero-order valence-electron chi connectivity index (χ0n) is 6.93. The van der Waals surface area contributed by atoms with Crippen LogP contribution in [-0.4, -0.2) is 25.5 Å². The van der Waals surface area contributed by atoms with Crippen LogP contribution in [0.25, 0.3) is 0 Å².